The Kier molecular flexibility index (Phi) is 7.19. The highest BCUT2D eigenvalue weighted by atomic mass is 32.2. The number of ether oxygens (including phenoxy) is 2. The number of carbonyl (C=O) groups is 1. The van der Waals surface area contributed by atoms with Crippen LogP contribution in [0.3, 0.4) is 0 Å². The van der Waals surface area contributed by atoms with E-state index in [9.17, 15) is 13.2 Å². The van der Waals surface area contributed by atoms with Gasteiger partial charge >= 0.3 is 0 Å². The Morgan fingerprint density at radius 1 is 0.882 bits per heavy atom. The minimum absolute atomic E-state index is 0.205. The van der Waals surface area contributed by atoms with Crippen LogP contribution in [-0.4, -0.2) is 45.9 Å². The van der Waals surface area contributed by atoms with E-state index in [1.165, 1.54) is 4.31 Å². The third-order valence-corrected chi connectivity index (χ3v) is 7.88. The molecule has 0 bridgehead atoms. The Morgan fingerprint density at radius 2 is 1.50 bits per heavy atom. The molecule has 1 fully saturated rings. The molecule has 0 unspecified atom stereocenters. The summed E-state index contributed by atoms with van der Waals surface area (Å²) in [6.07, 6.45) is 1.81. The van der Waals surface area contributed by atoms with Gasteiger partial charge in [-0.3, -0.25) is 4.79 Å². The van der Waals surface area contributed by atoms with Gasteiger partial charge in [-0.25, -0.2) is 8.42 Å². The lowest BCUT2D eigenvalue weighted by Gasteiger charge is -2.15. The highest BCUT2D eigenvalue weighted by Gasteiger charge is 2.26. The van der Waals surface area contributed by atoms with Crippen molar-refractivity contribution in [2.24, 2.45) is 0 Å². The minimum atomic E-state index is -3.43. The highest BCUT2D eigenvalue weighted by Crippen LogP contribution is 2.26. The van der Waals surface area contributed by atoms with Gasteiger partial charge in [0.05, 0.1) is 19.1 Å². The summed E-state index contributed by atoms with van der Waals surface area (Å²) in [4.78, 5) is 13.0. The molecule has 3 aromatic carbocycles. The molecule has 0 radical (unpaired) electrons. The number of rotatable bonds is 8. The molecule has 0 spiro atoms. The zero-order valence-corrected chi connectivity index (χ0v) is 20.1. The largest absolute Gasteiger partial charge is 0.497 e. The standard InChI is InChI=1S/C26H28N2O5S/c1-32-23-11-14-25(33-2)22(17-23)18-27-26(29)21-7-5-19(6-8-21)20-9-12-24(13-10-20)34(30,31)28-15-3-4-16-28/h5-14,17H,3-4,15-16,18H2,1-2H3,(H,27,29). The summed E-state index contributed by atoms with van der Waals surface area (Å²) >= 11 is 0. The van der Waals surface area contributed by atoms with Gasteiger partial charge in [0.15, 0.2) is 0 Å². The zero-order chi connectivity index (χ0) is 24.1. The maximum atomic E-state index is 12.7. The fraction of sp³-hybridized carbons (Fsp3) is 0.269. The topological polar surface area (TPSA) is 84.9 Å². The van der Waals surface area contributed by atoms with Gasteiger partial charge in [-0.1, -0.05) is 24.3 Å². The fourth-order valence-electron chi connectivity index (χ4n) is 4.01. The first-order valence-corrected chi connectivity index (χ1v) is 12.6. The first-order chi connectivity index (χ1) is 16.4. The molecular weight excluding hydrogens is 452 g/mol. The second kappa shape index (κ2) is 10.3. The van der Waals surface area contributed by atoms with Crippen LogP contribution in [0.25, 0.3) is 11.1 Å². The number of nitrogens with one attached hydrogen (secondary N) is 1. The zero-order valence-electron chi connectivity index (χ0n) is 19.3. The van der Waals surface area contributed by atoms with E-state index < -0.39 is 10.0 Å². The Hall–Kier alpha value is -3.36. The van der Waals surface area contributed by atoms with E-state index in [4.69, 9.17) is 9.47 Å². The van der Waals surface area contributed by atoms with Crippen LogP contribution in [0.5, 0.6) is 11.5 Å². The number of amides is 1. The molecule has 1 aliphatic rings. The van der Waals surface area contributed by atoms with Crippen LogP contribution < -0.4 is 14.8 Å². The summed E-state index contributed by atoms with van der Waals surface area (Å²) < 4.78 is 37.6. The first-order valence-electron chi connectivity index (χ1n) is 11.1. The summed E-state index contributed by atoms with van der Waals surface area (Å²) in [5, 5.41) is 2.91. The number of hydrogen-bond acceptors (Lipinski definition) is 5. The van der Waals surface area contributed by atoms with Crippen molar-refractivity contribution in [3.05, 3.63) is 77.9 Å². The van der Waals surface area contributed by atoms with Crippen LogP contribution in [0.2, 0.25) is 0 Å². The monoisotopic (exact) mass is 480 g/mol. The number of methoxy groups -OCH3 is 2. The van der Waals surface area contributed by atoms with E-state index in [1.807, 2.05) is 18.2 Å². The fourth-order valence-corrected chi connectivity index (χ4v) is 5.53. The van der Waals surface area contributed by atoms with Crippen molar-refractivity contribution in [1.82, 2.24) is 9.62 Å². The predicted molar refractivity (Wildman–Crippen MR) is 131 cm³/mol. The molecule has 3 aromatic rings. The van der Waals surface area contributed by atoms with Crippen LogP contribution in [0.4, 0.5) is 0 Å². The molecule has 0 saturated carbocycles. The minimum Gasteiger partial charge on any atom is -0.497 e. The summed E-state index contributed by atoms with van der Waals surface area (Å²) in [5.74, 6) is 1.16. The smallest absolute Gasteiger partial charge is 0.251 e. The lowest BCUT2D eigenvalue weighted by Crippen LogP contribution is -2.27. The van der Waals surface area contributed by atoms with Crippen LogP contribution in [0.15, 0.2) is 71.6 Å². The molecule has 1 N–H and O–H groups in total. The van der Waals surface area contributed by atoms with E-state index in [0.29, 0.717) is 41.6 Å². The Morgan fingerprint density at radius 3 is 2.09 bits per heavy atom. The lowest BCUT2D eigenvalue weighted by molar-refractivity contribution is 0.0950. The molecule has 8 heteroatoms. The molecule has 1 saturated heterocycles. The van der Waals surface area contributed by atoms with E-state index in [0.717, 1.165) is 29.5 Å². The Balaban J connectivity index is 1.42. The second-order valence-electron chi connectivity index (χ2n) is 8.07. The van der Waals surface area contributed by atoms with Gasteiger partial charge in [0.2, 0.25) is 10.0 Å². The van der Waals surface area contributed by atoms with Gasteiger partial charge in [0.25, 0.3) is 5.91 Å². The van der Waals surface area contributed by atoms with E-state index >= 15 is 0 Å². The highest BCUT2D eigenvalue weighted by molar-refractivity contribution is 7.89. The van der Waals surface area contributed by atoms with Gasteiger partial charge in [0.1, 0.15) is 11.5 Å². The normalized spacial score (nSPS) is 14.1. The molecule has 34 heavy (non-hydrogen) atoms. The van der Waals surface area contributed by atoms with Crippen molar-refractivity contribution in [3.8, 4) is 22.6 Å². The Bertz CT molecular complexity index is 1250. The number of hydrogen-bond donors (Lipinski definition) is 1. The van der Waals surface area contributed by atoms with Gasteiger partial charge in [0, 0.05) is 30.8 Å². The van der Waals surface area contributed by atoms with Crippen molar-refractivity contribution < 1.29 is 22.7 Å². The van der Waals surface area contributed by atoms with Gasteiger partial charge in [-0.05, 0) is 66.4 Å². The van der Waals surface area contributed by atoms with E-state index in [-0.39, 0.29) is 5.91 Å². The van der Waals surface area contributed by atoms with Gasteiger partial charge in [-0.2, -0.15) is 4.31 Å². The van der Waals surface area contributed by atoms with Crippen molar-refractivity contribution in [2.75, 3.05) is 27.3 Å². The Labute approximate surface area is 200 Å². The summed E-state index contributed by atoms with van der Waals surface area (Å²) in [6.45, 7) is 1.46. The molecular formula is C26H28N2O5S. The van der Waals surface area contributed by atoms with Crippen molar-refractivity contribution >= 4 is 15.9 Å². The summed E-state index contributed by atoms with van der Waals surface area (Å²) in [7, 11) is -0.258. The molecule has 0 aliphatic carbocycles. The third-order valence-electron chi connectivity index (χ3n) is 5.96. The van der Waals surface area contributed by atoms with Crippen molar-refractivity contribution in [2.45, 2.75) is 24.3 Å². The predicted octanol–water partition coefficient (Wildman–Crippen LogP) is 4.09. The van der Waals surface area contributed by atoms with Crippen molar-refractivity contribution in [3.63, 3.8) is 0 Å². The molecule has 0 aromatic heterocycles. The van der Waals surface area contributed by atoms with Crippen LogP contribution in [0, 0.1) is 0 Å². The first kappa shape index (κ1) is 23.8. The molecule has 178 valence electrons. The van der Waals surface area contributed by atoms with Gasteiger partial charge in [-0.15, -0.1) is 0 Å². The average molecular weight is 481 g/mol. The molecule has 4 rings (SSSR count). The van der Waals surface area contributed by atoms with Gasteiger partial charge < -0.3 is 14.8 Å². The summed E-state index contributed by atoms with van der Waals surface area (Å²) in [6, 6.07) is 19.5. The van der Waals surface area contributed by atoms with Crippen LogP contribution in [0.1, 0.15) is 28.8 Å². The molecule has 1 amide bonds. The number of benzene rings is 3. The molecule has 1 heterocycles. The van der Waals surface area contributed by atoms with E-state index in [1.54, 1.807) is 62.8 Å². The molecule has 7 nitrogen and oxygen atoms in total. The van der Waals surface area contributed by atoms with Crippen LogP contribution in [-0.2, 0) is 16.6 Å². The summed E-state index contributed by atoms with van der Waals surface area (Å²) in [5.41, 5.74) is 3.12. The van der Waals surface area contributed by atoms with E-state index in [2.05, 4.69) is 5.32 Å². The maximum Gasteiger partial charge on any atom is 0.251 e. The molecule has 1 aliphatic heterocycles. The average Bonchev–Trinajstić information content (AvgIpc) is 3.43. The second-order valence-corrected chi connectivity index (χ2v) is 10.0. The number of carbonyl (C=O) groups excluding carboxylic acids is 1. The SMILES string of the molecule is COc1ccc(OC)c(CNC(=O)c2ccc(-c3ccc(S(=O)(=O)N4CCCC4)cc3)cc2)c1. The van der Waals surface area contributed by atoms with Crippen LogP contribution >= 0.6 is 0 Å². The van der Waals surface area contributed by atoms with Crippen molar-refractivity contribution in [1.29, 1.82) is 0 Å². The molecule has 0 atom stereocenters. The third kappa shape index (κ3) is 5.08. The quantitative estimate of drug-likeness (QED) is 0.525. The maximum absolute atomic E-state index is 12.7. The number of nitrogens with zero attached hydrogens (tertiary/aromatic N) is 1. The lowest BCUT2D eigenvalue weighted by atomic mass is 10.0. The number of sulfonamides is 1.